The Labute approximate surface area is 152 Å². The van der Waals surface area contributed by atoms with Crippen LogP contribution in [0.25, 0.3) is 0 Å². The highest BCUT2D eigenvalue weighted by Crippen LogP contribution is 2.40. The molecule has 1 aromatic carbocycles. The van der Waals surface area contributed by atoms with Crippen molar-refractivity contribution in [3.63, 3.8) is 0 Å². The van der Waals surface area contributed by atoms with E-state index < -0.39 is 5.91 Å². The lowest BCUT2D eigenvalue weighted by molar-refractivity contribution is 0.1000. The minimum atomic E-state index is -0.453. The molecule has 25 heavy (non-hydrogen) atoms. The van der Waals surface area contributed by atoms with Gasteiger partial charge in [0.25, 0.3) is 11.8 Å². The quantitative estimate of drug-likeness (QED) is 0.838. The van der Waals surface area contributed by atoms with E-state index in [1.807, 2.05) is 25.1 Å². The zero-order valence-corrected chi connectivity index (χ0v) is 15.5. The molecule has 0 bridgehead atoms. The summed E-state index contributed by atoms with van der Waals surface area (Å²) in [5.41, 5.74) is 8.80. The molecule has 0 radical (unpaired) electrons. The summed E-state index contributed by atoms with van der Waals surface area (Å²) >= 11 is 1.51. The molecule has 3 N–H and O–H groups in total. The molecule has 1 aliphatic carbocycles. The molecule has 1 aliphatic rings. The van der Waals surface area contributed by atoms with Crippen LogP contribution in [0.1, 0.15) is 62.9 Å². The highest BCUT2D eigenvalue weighted by molar-refractivity contribution is 7.17. The maximum atomic E-state index is 12.6. The summed E-state index contributed by atoms with van der Waals surface area (Å²) in [6.07, 6.45) is 5.31. The van der Waals surface area contributed by atoms with Crippen LogP contribution >= 0.6 is 11.3 Å². The summed E-state index contributed by atoms with van der Waals surface area (Å²) in [6, 6.07) is 7.42. The number of thiophene rings is 1. The summed E-state index contributed by atoms with van der Waals surface area (Å²) in [4.78, 5) is 25.8. The van der Waals surface area contributed by atoms with E-state index in [1.165, 1.54) is 29.1 Å². The molecule has 0 spiro atoms. The highest BCUT2D eigenvalue weighted by atomic mass is 32.1. The molecule has 2 aromatic rings. The van der Waals surface area contributed by atoms with Gasteiger partial charge in [-0.1, -0.05) is 37.5 Å². The summed E-state index contributed by atoms with van der Waals surface area (Å²) < 4.78 is 0. The van der Waals surface area contributed by atoms with E-state index >= 15 is 0 Å². The lowest BCUT2D eigenvalue weighted by atomic mass is 9.84. The van der Waals surface area contributed by atoms with Crippen molar-refractivity contribution in [1.29, 1.82) is 0 Å². The van der Waals surface area contributed by atoms with Crippen LogP contribution in [0.2, 0.25) is 0 Å². The predicted molar refractivity (Wildman–Crippen MR) is 102 cm³/mol. The summed E-state index contributed by atoms with van der Waals surface area (Å²) in [6.45, 7) is 4.15. The molecule has 0 aliphatic heterocycles. The van der Waals surface area contributed by atoms with Crippen molar-refractivity contribution in [2.24, 2.45) is 11.7 Å². The lowest BCUT2D eigenvalue weighted by Crippen LogP contribution is -2.20. The fourth-order valence-corrected chi connectivity index (χ4v) is 4.98. The second kappa shape index (κ2) is 7.40. The van der Waals surface area contributed by atoms with Crippen LogP contribution in [0.15, 0.2) is 24.3 Å². The summed E-state index contributed by atoms with van der Waals surface area (Å²) in [5, 5.41) is 3.52. The molecule has 0 unspecified atom stereocenters. The SMILES string of the molecule is CCC[C@@H]1CCc2c(sc(NC(=O)c3cccc(C)c3)c2C(N)=O)C1. The van der Waals surface area contributed by atoms with Gasteiger partial charge in [-0.3, -0.25) is 9.59 Å². The Balaban J connectivity index is 1.89. The van der Waals surface area contributed by atoms with Gasteiger partial charge in [0.2, 0.25) is 0 Å². The Morgan fingerprint density at radius 1 is 1.36 bits per heavy atom. The fraction of sp³-hybridized carbons (Fsp3) is 0.400. The number of carbonyl (C=O) groups is 2. The third-order valence-electron chi connectivity index (χ3n) is 4.82. The number of anilines is 1. The largest absolute Gasteiger partial charge is 0.365 e. The van der Waals surface area contributed by atoms with Gasteiger partial charge >= 0.3 is 0 Å². The number of amides is 2. The lowest BCUT2D eigenvalue weighted by Gasteiger charge is -2.21. The van der Waals surface area contributed by atoms with Crippen molar-refractivity contribution in [1.82, 2.24) is 0 Å². The van der Waals surface area contributed by atoms with Gasteiger partial charge in [0, 0.05) is 10.4 Å². The maximum Gasteiger partial charge on any atom is 0.256 e. The second-order valence-electron chi connectivity index (χ2n) is 6.79. The minimum Gasteiger partial charge on any atom is -0.365 e. The van der Waals surface area contributed by atoms with Gasteiger partial charge in [-0.05, 0) is 49.8 Å². The van der Waals surface area contributed by atoms with Crippen molar-refractivity contribution in [3.8, 4) is 0 Å². The molecule has 2 amide bonds. The number of rotatable bonds is 5. The molecular weight excluding hydrogens is 332 g/mol. The van der Waals surface area contributed by atoms with E-state index in [-0.39, 0.29) is 5.91 Å². The van der Waals surface area contributed by atoms with Gasteiger partial charge in [-0.25, -0.2) is 0 Å². The first-order chi connectivity index (χ1) is 12.0. The van der Waals surface area contributed by atoms with Crippen molar-refractivity contribution >= 4 is 28.2 Å². The molecule has 132 valence electrons. The van der Waals surface area contributed by atoms with Gasteiger partial charge < -0.3 is 11.1 Å². The van der Waals surface area contributed by atoms with E-state index in [1.54, 1.807) is 6.07 Å². The second-order valence-corrected chi connectivity index (χ2v) is 7.90. The highest BCUT2D eigenvalue weighted by Gasteiger charge is 2.28. The van der Waals surface area contributed by atoms with E-state index in [9.17, 15) is 9.59 Å². The Hall–Kier alpha value is -2.14. The number of nitrogens with two attached hydrogens (primary N) is 1. The number of hydrogen-bond acceptors (Lipinski definition) is 3. The van der Waals surface area contributed by atoms with Crippen molar-refractivity contribution in [2.75, 3.05) is 5.32 Å². The topological polar surface area (TPSA) is 72.2 Å². The van der Waals surface area contributed by atoms with E-state index in [4.69, 9.17) is 5.73 Å². The molecule has 1 atom stereocenters. The van der Waals surface area contributed by atoms with E-state index in [0.717, 1.165) is 30.4 Å². The van der Waals surface area contributed by atoms with E-state index in [0.29, 0.717) is 22.0 Å². The van der Waals surface area contributed by atoms with Crippen molar-refractivity contribution in [3.05, 3.63) is 51.4 Å². The fourth-order valence-electron chi connectivity index (χ4n) is 3.62. The maximum absolute atomic E-state index is 12.6. The molecule has 1 heterocycles. The predicted octanol–water partition coefficient (Wildman–Crippen LogP) is 4.31. The van der Waals surface area contributed by atoms with Crippen LogP contribution in [0, 0.1) is 12.8 Å². The molecule has 0 saturated heterocycles. The summed E-state index contributed by atoms with van der Waals surface area (Å²) in [5.74, 6) is 0.0121. The number of primary amides is 1. The zero-order chi connectivity index (χ0) is 18.0. The van der Waals surface area contributed by atoms with Crippen LogP contribution in [0.3, 0.4) is 0 Å². The third kappa shape index (κ3) is 3.76. The Bertz CT molecular complexity index is 810. The van der Waals surface area contributed by atoms with Crippen LogP contribution in [-0.2, 0) is 12.8 Å². The van der Waals surface area contributed by atoms with Gasteiger partial charge in [-0.15, -0.1) is 11.3 Å². The van der Waals surface area contributed by atoms with Gasteiger partial charge in [-0.2, -0.15) is 0 Å². The van der Waals surface area contributed by atoms with Gasteiger partial charge in [0.05, 0.1) is 5.56 Å². The van der Waals surface area contributed by atoms with E-state index in [2.05, 4.69) is 12.2 Å². The minimum absolute atomic E-state index is 0.199. The van der Waals surface area contributed by atoms with Gasteiger partial charge in [0.1, 0.15) is 5.00 Å². The number of hydrogen-bond donors (Lipinski definition) is 2. The van der Waals surface area contributed by atoms with Crippen LogP contribution in [0.4, 0.5) is 5.00 Å². The Morgan fingerprint density at radius 2 is 2.16 bits per heavy atom. The Kier molecular flexibility index (Phi) is 5.23. The first kappa shape index (κ1) is 17.7. The van der Waals surface area contributed by atoms with Crippen molar-refractivity contribution in [2.45, 2.75) is 46.0 Å². The van der Waals surface area contributed by atoms with Crippen LogP contribution in [0.5, 0.6) is 0 Å². The zero-order valence-electron chi connectivity index (χ0n) is 14.7. The average molecular weight is 356 g/mol. The molecule has 1 aromatic heterocycles. The van der Waals surface area contributed by atoms with Crippen molar-refractivity contribution < 1.29 is 9.59 Å². The monoisotopic (exact) mass is 356 g/mol. The number of aryl methyl sites for hydroxylation is 1. The third-order valence-corrected chi connectivity index (χ3v) is 5.99. The molecule has 0 fully saturated rings. The molecule has 0 saturated carbocycles. The molecule has 5 heteroatoms. The first-order valence-electron chi connectivity index (χ1n) is 8.82. The molecule has 3 rings (SSSR count). The number of fused-ring (bicyclic) bond motifs is 1. The number of carbonyl (C=O) groups excluding carboxylic acids is 2. The van der Waals surface area contributed by atoms with Crippen LogP contribution < -0.4 is 11.1 Å². The Morgan fingerprint density at radius 3 is 2.84 bits per heavy atom. The number of nitrogens with one attached hydrogen (secondary N) is 1. The molecular formula is C20H24N2O2S. The normalized spacial score (nSPS) is 16.3. The summed E-state index contributed by atoms with van der Waals surface area (Å²) in [7, 11) is 0. The first-order valence-corrected chi connectivity index (χ1v) is 9.63. The number of benzene rings is 1. The smallest absolute Gasteiger partial charge is 0.256 e. The molecule has 4 nitrogen and oxygen atoms in total. The van der Waals surface area contributed by atoms with Crippen LogP contribution in [-0.4, -0.2) is 11.8 Å². The van der Waals surface area contributed by atoms with Gasteiger partial charge in [0.15, 0.2) is 0 Å². The average Bonchev–Trinajstić information content (AvgIpc) is 2.92. The standard InChI is InChI=1S/C20H24N2O2S/c1-3-5-13-8-9-15-16(11-13)25-20(17(15)18(21)23)22-19(24)14-7-4-6-12(2)10-14/h4,6-7,10,13H,3,5,8-9,11H2,1-2H3,(H2,21,23)(H,22,24)/t13-/m1/s1.